The molecule has 0 aliphatic rings. The van der Waals surface area contributed by atoms with Crippen molar-refractivity contribution in [2.45, 2.75) is 51.9 Å². The zero-order valence-electron chi connectivity index (χ0n) is 22.9. The molecule has 0 saturated carbocycles. The number of nitrogens with one attached hydrogen (secondary N) is 2. The molecule has 0 saturated heterocycles. The molecule has 2 heterocycles. The van der Waals surface area contributed by atoms with Gasteiger partial charge in [0.05, 0.1) is 12.5 Å². The van der Waals surface area contributed by atoms with Gasteiger partial charge in [-0.3, -0.25) is 19.1 Å². The first-order chi connectivity index (χ1) is 19.3. The lowest BCUT2D eigenvalue weighted by atomic mass is 9.93. The number of hydrogen-bond donors (Lipinski definition) is 3. The van der Waals surface area contributed by atoms with E-state index in [9.17, 15) is 32.7 Å². The van der Waals surface area contributed by atoms with Crippen LogP contribution in [-0.2, 0) is 22.3 Å². The monoisotopic (exact) mass is 569 g/mol. The Labute approximate surface area is 234 Å². The quantitative estimate of drug-likeness (QED) is 0.251. The zero-order valence-corrected chi connectivity index (χ0v) is 22.9. The summed E-state index contributed by atoms with van der Waals surface area (Å²) in [6, 6.07) is 10.1. The highest BCUT2D eigenvalue weighted by Crippen LogP contribution is 2.32. The van der Waals surface area contributed by atoms with Gasteiger partial charge in [-0.1, -0.05) is 25.1 Å². The molecule has 2 atom stereocenters. The molecule has 4 rings (SSSR count). The smallest absolute Gasteiger partial charge is 0.435 e. The van der Waals surface area contributed by atoms with Gasteiger partial charge >= 0.3 is 12.1 Å². The molecule has 0 radical (unpaired) electrons. The Balaban J connectivity index is 1.68. The number of amides is 2. The number of aliphatic carboxylic acids is 1. The number of alkyl halides is 3. The van der Waals surface area contributed by atoms with E-state index in [0.717, 1.165) is 21.7 Å². The van der Waals surface area contributed by atoms with Crippen molar-refractivity contribution in [3.05, 3.63) is 82.8 Å². The predicted octanol–water partition coefficient (Wildman–Crippen LogP) is 5.35. The van der Waals surface area contributed by atoms with E-state index in [2.05, 4.69) is 15.7 Å². The number of benzene rings is 2. The van der Waals surface area contributed by atoms with Gasteiger partial charge in [-0.2, -0.15) is 18.3 Å². The Kier molecular flexibility index (Phi) is 8.22. The molecule has 2 aromatic carbocycles. The number of aryl methyl sites for hydroxylation is 1. The second-order valence-corrected chi connectivity index (χ2v) is 9.81. The Hall–Kier alpha value is -4.61. The van der Waals surface area contributed by atoms with E-state index < -0.39 is 35.7 Å². The van der Waals surface area contributed by atoms with Gasteiger partial charge in [0.2, 0.25) is 5.91 Å². The Morgan fingerprint density at radius 2 is 1.83 bits per heavy atom. The highest BCUT2D eigenvalue weighted by molar-refractivity contribution is 6.00. The van der Waals surface area contributed by atoms with Crippen LogP contribution in [0.3, 0.4) is 0 Å². The standard InChI is InChI=1S/C29H30F3N5O4/c1-5-20(28(40)41)22-8-6-18(15-36-11-10-25(35-36)29(30,31)32)12-23(22)34-26(38)17(3)37-14-16(2)21-9-7-19(13-24(21)37)27(39)33-4/h6-14,17,20H,5,15H2,1-4H3,(H,33,39)(H,34,38)(H,40,41). The predicted molar refractivity (Wildman–Crippen MR) is 147 cm³/mol. The van der Waals surface area contributed by atoms with Crippen molar-refractivity contribution in [2.24, 2.45) is 0 Å². The molecule has 41 heavy (non-hydrogen) atoms. The number of carbonyl (C=O) groups is 3. The van der Waals surface area contributed by atoms with Gasteiger partial charge in [-0.15, -0.1) is 0 Å². The van der Waals surface area contributed by atoms with Crippen molar-refractivity contribution in [1.82, 2.24) is 19.7 Å². The van der Waals surface area contributed by atoms with Crippen LogP contribution in [0.2, 0.25) is 0 Å². The number of hydrogen-bond acceptors (Lipinski definition) is 4. The number of anilines is 1. The number of carboxylic acid groups (broad SMARTS) is 1. The van der Waals surface area contributed by atoms with Crippen LogP contribution in [0.15, 0.2) is 54.9 Å². The van der Waals surface area contributed by atoms with Gasteiger partial charge in [0.1, 0.15) is 6.04 Å². The highest BCUT2D eigenvalue weighted by Gasteiger charge is 2.33. The molecule has 2 unspecified atom stereocenters. The highest BCUT2D eigenvalue weighted by atomic mass is 19.4. The summed E-state index contributed by atoms with van der Waals surface area (Å²) in [5.74, 6) is -2.69. The van der Waals surface area contributed by atoms with E-state index in [0.29, 0.717) is 22.2 Å². The van der Waals surface area contributed by atoms with Crippen molar-refractivity contribution in [3.63, 3.8) is 0 Å². The maximum atomic E-state index is 13.6. The first kappa shape index (κ1) is 29.4. The summed E-state index contributed by atoms with van der Waals surface area (Å²) in [6.07, 6.45) is -1.31. The largest absolute Gasteiger partial charge is 0.481 e. The Morgan fingerprint density at radius 1 is 1.10 bits per heavy atom. The third-order valence-electron chi connectivity index (χ3n) is 7.05. The second kappa shape index (κ2) is 11.5. The first-order valence-corrected chi connectivity index (χ1v) is 12.9. The molecule has 0 fully saturated rings. The molecular formula is C29H30F3N5O4. The molecular weight excluding hydrogens is 539 g/mol. The second-order valence-electron chi connectivity index (χ2n) is 9.81. The van der Waals surface area contributed by atoms with E-state index in [1.807, 2.05) is 19.2 Å². The molecule has 3 N–H and O–H groups in total. The van der Waals surface area contributed by atoms with E-state index in [1.54, 1.807) is 48.7 Å². The first-order valence-electron chi connectivity index (χ1n) is 12.9. The minimum Gasteiger partial charge on any atom is -0.481 e. The Morgan fingerprint density at radius 3 is 2.44 bits per heavy atom. The maximum absolute atomic E-state index is 13.6. The van der Waals surface area contributed by atoms with Gasteiger partial charge in [-0.25, -0.2) is 0 Å². The number of halogens is 3. The third kappa shape index (κ3) is 6.11. The number of aromatic nitrogens is 3. The van der Waals surface area contributed by atoms with E-state index in [1.165, 1.54) is 13.2 Å². The van der Waals surface area contributed by atoms with Crippen molar-refractivity contribution in [2.75, 3.05) is 12.4 Å². The zero-order chi connectivity index (χ0) is 30.1. The summed E-state index contributed by atoms with van der Waals surface area (Å²) in [5.41, 5.74) is 2.12. The number of carboxylic acids is 1. The fourth-order valence-electron chi connectivity index (χ4n) is 4.83. The fraction of sp³-hybridized carbons (Fsp3) is 0.310. The number of fused-ring (bicyclic) bond motifs is 1. The lowest BCUT2D eigenvalue weighted by Crippen LogP contribution is -2.25. The van der Waals surface area contributed by atoms with Gasteiger partial charge in [-0.05, 0) is 61.2 Å². The minimum absolute atomic E-state index is 0.0254. The number of nitrogens with zero attached hydrogens (tertiary/aromatic N) is 3. The molecule has 216 valence electrons. The third-order valence-corrected chi connectivity index (χ3v) is 7.05. The summed E-state index contributed by atoms with van der Waals surface area (Å²) >= 11 is 0. The molecule has 2 aromatic heterocycles. The summed E-state index contributed by atoms with van der Waals surface area (Å²) < 4.78 is 41.9. The molecule has 0 bridgehead atoms. The average molecular weight is 570 g/mol. The normalized spacial score (nSPS) is 13.1. The SMILES string of the molecule is CCC(C(=O)O)c1ccc(Cn2ccc(C(F)(F)F)n2)cc1NC(=O)C(C)n1cc(C)c2ccc(C(=O)NC)cc21. The van der Waals surface area contributed by atoms with Crippen LogP contribution in [-0.4, -0.2) is 44.3 Å². The van der Waals surface area contributed by atoms with Gasteiger partial charge in [0.25, 0.3) is 5.91 Å². The van der Waals surface area contributed by atoms with Gasteiger partial charge in [0.15, 0.2) is 5.69 Å². The van der Waals surface area contributed by atoms with Crippen molar-refractivity contribution in [3.8, 4) is 0 Å². The van der Waals surface area contributed by atoms with Crippen LogP contribution in [0.25, 0.3) is 10.9 Å². The van der Waals surface area contributed by atoms with Crippen molar-refractivity contribution >= 4 is 34.4 Å². The van der Waals surface area contributed by atoms with Crippen LogP contribution in [0.4, 0.5) is 18.9 Å². The molecule has 0 spiro atoms. The molecule has 9 nitrogen and oxygen atoms in total. The van der Waals surface area contributed by atoms with Crippen LogP contribution in [0.1, 0.15) is 65.0 Å². The van der Waals surface area contributed by atoms with Crippen LogP contribution >= 0.6 is 0 Å². The maximum Gasteiger partial charge on any atom is 0.435 e. The summed E-state index contributed by atoms with van der Waals surface area (Å²) in [7, 11) is 1.53. The van der Waals surface area contributed by atoms with Crippen molar-refractivity contribution in [1.29, 1.82) is 0 Å². The number of rotatable bonds is 9. The summed E-state index contributed by atoms with van der Waals surface area (Å²) in [6.45, 7) is 5.26. The molecule has 2 amide bonds. The molecule has 12 heteroatoms. The molecule has 0 aliphatic carbocycles. The minimum atomic E-state index is -4.58. The lowest BCUT2D eigenvalue weighted by molar-refractivity contribution is -0.141. The van der Waals surface area contributed by atoms with Gasteiger partial charge in [0, 0.05) is 41.6 Å². The summed E-state index contributed by atoms with van der Waals surface area (Å²) in [5, 5.41) is 19.7. The summed E-state index contributed by atoms with van der Waals surface area (Å²) in [4.78, 5) is 37.8. The fourth-order valence-corrected chi connectivity index (χ4v) is 4.83. The van der Waals surface area contributed by atoms with E-state index >= 15 is 0 Å². The molecule has 0 aliphatic heterocycles. The van der Waals surface area contributed by atoms with E-state index in [4.69, 9.17) is 0 Å². The van der Waals surface area contributed by atoms with E-state index in [-0.39, 0.29) is 24.6 Å². The lowest BCUT2D eigenvalue weighted by Gasteiger charge is -2.20. The average Bonchev–Trinajstić information content (AvgIpc) is 3.53. The number of carbonyl (C=O) groups excluding carboxylic acids is 2. The van der Waals surface area contributed by atoms with Gasteiger partial charge < -0.3 is 20.3 Å². The van der Waals surface area contributed by atoms with Crippen molar-refractivity contribution < 1.29 is 32.7 Å². The Bertz CT molecular complexity index is 1620. The molecule has 4 aromatic rings. The van der Waals surface area contributed by atoms with Crippen LogP contribution in [0.5, 0.6) is 0 Å². The topological polar surface area (TPSA) is 118 Å². The van der Waals surface area contributed by atoms with Crippen LogP contribution in [0, 0.1) is 6.92 Å². The van der Waals surface area contributed by atoms with Crippen LogP contribution < -0.4 is 10.6 Å².